The van der Waals surface area contributed by atoms with Crippen molar-refractivity contribution in [3.05, 3.63) is 48.3 Å². The molecule has 0 bridgehead atoms. The van der Waals surface area contributed by atoms with Gasteiger partial charge in [0.15, 0.2) is 11.6 Å². The standard InChI is InChI=1S/C19H27N5/c1-4-17-15-24(19-18(22(2)3)20-10-11-21-19)13-12-23(17)14-16-8-6-5-7-9-16/h5-11,17H,4,12-15H2,1-3H3. The highest BCUT2D eigenvalue weighted by Crippen LogP contribution is 2.26. The summed E-state index contributed by atoms with van der Waals surface area (Å²) in [6.07, 6.45) is 4.70. The van der Waals surface area contributed by atoms with Gasteiger partial charge in [0.1, 0.15) is 0 Å². The summed E-state index contributed by atoms with van der Waals surface area (Å²) < 4.78 is 0. The number of piperazine rings is 1. The molecule has 5 nitrogen and oxygen atoms in total. The molecule has 1 atom stereocenters. The lowest BCUT2D eigenvalue weighted by molar-refractivity contribution is 0.163. The Hall–Kier alpha value is -2.14. The molecule has 1 aliphatic heterocycles. The van der Waals surface area contributed by atoms with Crippen LogP contribution >= 0.6 is 0 Å². The number of rotatable bonds is 5. The van der Waals surface area contributed by atoms with Crippen molar-refractivity contribution in [1.82, 2.24) is 14.9 Å². The molecule has 2 heterocycles. The van der Waals surface area contributed by atoms with Gasteiger partial charge in [-0.2, -0.15) is 0 Å². The fourth-order valence-electron chi connectivity index (χ4n) is 3.36. The predicted octanol–water partition coefficient (Wildman–Crippen LogP) is 2.64. The van der Waals surface area contributed by atoms with E-state index in [4.69, 9.17) is 0 Å². The summed E-state index contributed by atoms with van der Waals surface area (Å²) in [6, 6.07) is 11.3. The van der Waals surface area contributed by atoms with Gasteiger partial charge < -0.3 is 9.80 Å². The molecule has 0 saturated carbocycles. The summed E-state index contributed by atoms with van der Waals surface area (Å²) in [4.78, 5) is 16.1. The first-order chi connectivity index (χ1) is 11.7. The van der Waals surface area contributed by atoms with Crippen molar-refractivity contribution < 1.29 is 0 Å². The maximum atomic E-state index is 4.60. The molecule has 5 heteroatoms. The smallest absolute Gasteiger partial charge is 0.172 e. The van der Waals surface area contributed by atoms with E-state index in [2.05, 4.69) is 57.0 Å². The van der Waals surface area contributed by atoms with E-state index in [1.807, 2.05) is 19.0 Å². The molecule has 0 aliphatic carbocycles. The molecule has 1 saturated heterocycles. The Morgan fingerprint density at radius 2 is 1.83 bits per heavy atom. The average molecular weight is 325 g/mol. The van der Waals surface area contributed by atoms with Crippen LogP contribution in [-0.2, 0) is 6.54 Å². The summed E-state index contributed by atoms with van der Waals surface area (Å²) in [5.41, 5.74) is 1.39. The summed E-state index contributed by atoms with van der Waals surface area (Å²) in [5, 5.41) is 0. The van der Waals surface area contributed by atoms with Gasteiger partial charge >= 0.3 is 0 Å². The van der Waals surface area contributed by atoms with E-state index >= 15 is 0 Å². The SMILES string of the molecule is CCC1CN(c2nccnc2N(C)C)CCN1Cc1ccccc1. The summed E-state index contributed by atoms with van der Waals surface area (Å²) in [6.45, 7) is 6.34. The molecule has 3 rings (SSSR count). The van der Waals surface area contributed by atoms with E-state index in [0.717, 1.165) is 44.2 Å². The van der Waals surface area contributed by atoms with Crippen LogP contribution in [0.5, 0.6) is 0 Å². The second-order valence-corrected chi connectivity index (χ2v) is 6.56. The van der Waals surface area contributed by atoms with Gasteiger partial charge in [-0.25, -0.2) is 9.97 Å². The Bertz CT molecular complexity index is 643. The number of aromatic nitrogens is 2. The molecule has 0 N–H and O–H groups in total. The third kappa shape index (κ3) is 3.67. The van der Waals surface area contributed by atoms with Crippen molar-refractivity contribution in [2.45, 2.75) is 25.9 Å². The zero-order valence-corrected chi connectivity index (χ0v) is 14.9. The van der Waals surface area contributed by atoms with Gasteiger partial charge in [-0.3, -0.25) is 4.90 Å². The summed E-state index contributed by atoms with van der Waals surface area (Å²) in [7, 11) is 4.05. The van der Waals surface area contributed by atoms with Crippen molar-refractivity contribution in [2.75, 3.05) is 43.5 Å². The Morgan fingerprint density at radius 3 is 2.54 bits per heavy atom. The first-order valence-electron chi connectivity index (χ1n) is 8.70. The number of anilines is 2. The molecule has 1 aliphatic rings. The molecule has 1 aromatic carbocycles. The van der Waals surface area contributed by atoms with Gasteiger partial charge in [0.2, 0.25) is 0 Å². The normalized spacial score (nSPS) is 18.6. The minimum Gasteiger partial charge on any atom is -0.360 e. The van der Waals surface area contributed by atoms with E-state index in [1.54, 1.807) is 12.4 Å². The van der Waals surface area contributed by atoms with Crippen molar-refractivity contribution in [2.24, 2.45) is 0 Å². The lowest BCUT2D eigenvalue weighted by Gasteiger charge is -2.42. The highest BCUT2D eigenvalue weighted by Gasteiger charge is 2.28. The van der Waals surface area contributed by atoms with Crippen LogP contribution < -0.4 is 9.80 Å². The highest BCUT2D eigenvalue weighted by molar-refractivity contribution is 5.61. The quantitative estimate of drug-likeness (QED) is 0.844. The van der Waals surface area contributed by atoms with Gasteiger partial charge in [0, 0.05) is 58.7 Å². The molecular formula is C19H27N5. The van der Waals surface area contributed by atoms with E-state index in [9.17, 15) is 0 Å². The van der Waals surface area contributed by atoms with Crippen molar-refractivity contribution in [3.8, 4) is 0 Å². The molecule has 0 radical (unpaired) electrons. The van der Waals surface area contributed by atoms with Gasteiger partial charge in [0.25, 0.3) is 0 Å². The van der Waals surface area contributed by atoms with Gasteiger partial charge in [0.05, 0.1) is 0 Å². The van der Waals surface area contributed by atoms with Crippen LogP contribution in [0.4, 0.5) is 11.6 Å². The molecular weight excluding hydrogens is 298 g/mol. The fraction of sp³-hybridized carbons (Fsp3) is 0.474. The molecule has 2 aromatic rings. The van der Waals surface area contributed by atoms with Crippen molar-refractivity contribution in [3.63, 3.8) is 0 Å². The number of hydrogen-bond acceptors (Lipinski definition) is 5. The van der Waals surface area contributed by atoms with Crippen LogP contribution in [0.25, 0.3) is 0 Å². The summed E-state index contributed by atoms with van der Waals surface area (Å²) in [5.74, 6) is 1.95. The fourth-order valence-corrected chi connectivity index (χ4v) is 3.36. The molecule has 128 valence electrons. The zero-order valence-electron chi connectivity index (χ0n) is 14.9. The predicted molar refractivity (Wildman–Crippen MR) is 99.5 cm³/mol. The van der Waals surface area contributed by atoms with Crippen molar-refractivity contribution in [1.29, 1.82) is 0 Å². The maximum absolute atomic E-state index is 4.60. The largest absolute Gasteiger partial charge is 0.360 e. The molecule has 1 unspecified atom stereocenters. The van der Waals surface area contributed by atoms with Crippen LogP contribution in [-0.4, -0.2) is 54.6 Å². The molecule has 0 amide bonds. The van der Waals surface area contributed by atoms with E-state index in [-0.39, 0.29) is 0 Å². The van der Waals surface area contributed by atoms with E-state index in [1.165, 1.54) is 5.56 Å². The van der Waals surface area contributed by atoms with Crippen LogP contribution in [0.2, 0.25) is 0 Å². The Balaban J connectivity index is 1.73. The van der Waals surface area contributed by atoms with Crippen molar-refractivity contribution >= 4 is 11.6 Å². The molecule has 1 aromatic heterocycles. The highest BCUT2D eigenvalue weighted by atomic mass is 15.3. The second-order valence-electron chi connectivity index (χ2n) is 6.56. The number of hydrogen-bond donors (Lipinski definition) is 0. The van der Waals surface area contributed by atoms with Crippen LogP contribution in [0.3, 0.4) is 0 Å². The number of benzene rings is 1. The minimum atomic E-state index is 0.538. The summed E-state index contributed by atoms with van der Waals surface area (Å²) >= 11 is 0. The lowest BCUT2D eigenvalue weighted by atomic mass is 10.1. The second kappa shape index (κ2) is 7.62. The monoisotopic (exact) mass is 325 g/mol. The first-order valence-corrected chi connectivity index (χ1v) is 8.70. The van der Waals surface area contributed by atoms with Gasteiger partial charge in [-0.05, 0) is 12.0 Å². The Labute approximate surface area is 144 Å². The maximum Gasteiger partial charge on any atom is 0.172 e. The Morgan fingerprint density at radius 1 is 1.08 bits per heavy atom. The molecule has 1 fully saturated rings. The third-order valence-electron chi connectivity index (χ3n) is 4.69. The zero-order chi connectivity index (χ0) is 16.9. The van der Waals surface area contributed by atoms with Gasteiger partial charge in [-0.1, -0.05) is 37.3 Å². The third-order valence-corrected chi connectivity index (χ3v) is 4.69. The van der Waals surface area contributed by atoms with E-state index < -0.39 is 0 Å². The minimum absolute atomic E-state index is 0.538. The molecule has 0 spiro atoms. The van der Waals surface area contributed by atoms with Gasteiger partial charge in [-0.15, -0.1) is 0 Å². The first kappa shape index (κ1) is 16.7. The number of nitrogens with zero attached hydrogens (tertiary/aromatic N) is 5. The van der Waals surface area contributed by atoms with Crippen LogP contribution in [0.15, 0.2) is 42.7 Å². The van der Waals surface area contributed by atoms with Crippen LogP contribution in [0.1, 0.15) is 18.9 Å². The topological polar surface area (TPSA) is 35.5 Å². The average Bonchev–Trinajstić information content (AvgIpc) is 2.63. The molecule has 24 heavy (non-hydrogen) atoms. The Kier molecular flexibility index (Phi) is 5.30. The van der Waals surface area contributed by atoms with Crippen LogP contribution in [0, 0.1) is 0 Å². The lowest BCUT2D eigenvalue weighted by Crippen LogP contribution is -2.53. The van der Waals surface area contributed by atoms with E-state index in [0.29, 0.717) is 6.04 Å².